The van der Waals surface area contributed by atoms with Gasteiger partial charge in [-0.15, -0.1) is 0 Å². The molecule has 1 saturated heterocycles. The molecule has 4 heteroatoms. The van der Waals surface area contributed by atoms with E-state index in [1.165, 1.54) is 19.8 Å². The highest BCUT2D eigenvalue weighted by Crippen LogP contribution is 2.21. The summed E-state index contributed by atoms with van der Waals surface area (Å²) in [6.45, 7) is 2.59. The lowest BCUT2D eigenvalue weighted by atomic mass is 10.0. The summed E-state index contributed by atoms with van der Waals surface area (Å²) < 4.78 is 0. The van der Waals surface area contributed by atoms with E-state index < -0.39 is 0 Å². The van der Waals surface area contributed by atoms with Gasteiger partial charge in [-0.25, -0.2) is 0 Å². The first kappa shape index (κ1) is 9.40. The second-order valence-electron chi connectivity index (χ2n) is 3.77. The highest BCUT2D eigenvalue weighted by Gasteiger charge is 2.17. The van der Waals surface area contributed by atoms with Crippen LogP contribution in [0.1, 0.15) is 48.4 Å². The third-order valence-electron chi connectivity index (χ3n) is 2.64. The van der Waals surface area contributed by atoms with E-state index >= 15 is 0 Å². The highest BCUT2D eigenvalue weighted by molar-refractivity contribution is 5.92. The molecule has 2 rings (SSSR count). The number of nitrogens with one attached hydrogen (secondary N) is 2. The number of carbonyl (C=O) groups is 1. The van der Waals surface area contributed by atoms with Crippen molar-refractivity contribution in [3.8, 4) is 0 Å². The third kappa shape index (κ3) is 1.85. The van der Waals surface area contributed by atoms with Gasteiger partial charge in [0.05, 0.1) is 5.69 Å². The maximum Gasteiger partial charge on any atom is 0.179 e. The van der Waals surface area contributed by atoms with Gasteiger partial charge in [0.15, 0.2) is 5.78 Å². The summed E-state index contributed by atoms with van der Waals surface area (Å²) in [4.78, 5) is 11.0. The molecule has 0 aromatic carbocycles. The Morgan fingerprint density at radius 2 is 2.43 bits per heavy atom. The molecule has 76 valence electrons. The van der Waals surface area contributed by atoms with E-state index in [0.717, 1.165) is 18.7 Å². The van der Waals surface area contributed by atoms with Gasteiger partial charge in [-0.2, -0.15) is 5.10 Å². The maximum absolute atomic E-state index is 11.0. The molecule has 1 aliphatic heterocycles. The Kier molecular flexibility index (Phi) is 2.63. The lowest BCUT2D eigenvalue weighted by Crippen LogP contribution is -2.26. The first-order valence-electron chi connectivity index (χ1n) is 5.07. The predicted molar refractivity (Wildman–Crippen MR) is 53.2 cm³/mol. The zero-order valence-corrected chi connectivity index (χ0v) is 8.34. The second kappa shape index (κ2) is 3.92. The Hall–Kier alpha value is -1.16. The first-order chi connectivity index (χ1) is 6.77. The van der Waals surface area contributed by atoms with Crippen molar-refractivity contribution in [2.75, 3.05) is 6.54 Å². The van der Waals surface area contributed by atoms with Crippen LogP contribution in [0.4, 0.5) is 0 Å². The first-order valence-corrected chi connectivity index (χ1v) is 5.07. The standard InChI is InChI=1S/C10H15N3O/c1-7(14)9-6-10(13-12-9)8-4-2-3-5-11-8/h6,8,11H,2-5H2,1H3,(H,12,13). The van der Waals surface area contributed by atoms with Crippen molar-refractivity contribution in [1.29, 1.82) is 0 Å². The highest BCUT2D eigenvalue weighted by atomic mass is 16.1. The van der Waals surface area contributed by atoms with E-state index in [2.05, 4.69) is 15.5 Å². The Balaban J connectivity index is 2.11. The number of aromatic nitrogens is 2. The van der Waals surface area contributed by atoms with Crippen LogP contribution in [0.3, 0.4) is 0 Å². The summed E-state index contributed by atoms with van der Waals surface area (Å²) in [6, 6.07) is 2.20. The smallest absolute Gasteiger partial charge is 0.179 e. The number of aromatic amines is 1. The fourth-order valence-corrected chi connectivity index (χ4v) is 1.81. The number of piperidine rings is 1. The van der Waals surface area contributed by atoms with Crippen LogP contribution in [0.5, 0.6) is 0 Å². The molecule has 1 unspecified atom stereocenters. The molecule has 1 aliphatic rings. The fourth-order valence-electron chi connectivity index (χ4n) is 1.81. The third-order valence-corrected chi connectivity index (χ3v) is 2.64. The van der Waals surface area contributed by atoms with E-state index in [9.17, 15) is 4.79 Å². The molecule has 0 radical (unpaired) electrons. The summed E-state index contributed by atoms with van der Waals surface area (Å²) >= 11 is 0. The molecule has 14 heavy (non-hydrogen) atoms. The number of hydrogen-bond donors (Lipinski definition) is 2. The van der Waals surface area contributed by atoms with Crippen molar-refractivity contribution in [3.63, 3.8) is 0 Å². The molecule has 0 amide bonds. The van der Waals surface area contributed by atoms with Crippen LogP contribution in [-0.2, 0) is 0 Å². The summed E-state index contributed by atoms with van der Waals surface area (Å²) in [5.74, 6) is 0.0170. The van der Waals surface area contributed by atoms with E-state index in [4.69, 9.17) is 0 Å². The van der Waals surface area contributed by atoms with Crippen molar-refractivity contribution in [2.45, 2.75) is 32.2 Å². The van der Waals surface area contributed by atoms with Crippen LogP contribution in [0.15, 0.2) is 6.07 Å². The topological polar surface area (TPSA) is 57.8 Å². The van der Waals surface area contributed by atoms with E-state index in [0.29, 0.717) is 11.7 Å². The average molecular weight is 193 g/mol. The zero-order chi connectivity index (χ0) is 9.97. The molecule has 0 aliphatic carbocycles. The molecular formula is C10H15N3O. The van der Waals surface area contributed by atoms with Gasteiger partial charge in [0.1, 0.15) is 5.69 Å². The van der Waals surface area contributed by atoms with Gasteiger partial charge >= 0.3 is 0 Å². The van der Waals surface area contributed by atoms with Crippen LogP contribution in [-0.4, -0.2) is 22.5 Å². The number of H-pyrrole nitrogens is 1. The monoisotopic (exact) mass is 193 g/mol. The zero-order valence-electron chi connectivity index (χ0n) is 8.34. The number of carbonyl (C=O) groups excluding carboxylic acids is 1. The Bertz CT molecular complexity index is 326. The van der Waals surface area contributed by atoms with Gasteiger partial charge in [-0.05, 0) is 25.5 Å². The molecule has 1 fully saturated rings. The number of rotatable bonds is 2. The van der Waals surface area contributed by atoms with Crippen LogP contribution in [0, 0.1) is 0 Å². The largest absolute Gasteiger partial charge is 0.309 e. The number of hydrogen-bond acceptors (Lipinski definition) is 3. The van der Waals surface area contributed by atoms with E-state index in [-0.39, 0.29) is 5.78 Å². The van der Waals surface area contributed by atoms with Gasteiger partial charge in [-0.1, -0.05) is 6.42 Å². The Morgan fingerprint density at radius 3 is 3.00 bits per heavy atom. The van der Waals surface area contributed by atoms with Crippen LogP contribution in [0.25, 0.3) is 0 Å². The summed E-state index contributed by atoms with van der Waals surface area (Å²) in [6.07, 6.45) is 3.61. The minimum Gasteiger partial charge on any atom is -0.309 e. The average Bonchev–Trinajstić information content (AvgIpc) is 2.68. The second-order valence-corrected chi connectivity index (χ2v) is 3.77. The minimum absolute atomic E-state index is 0.0170. The number of ketones is 1. The van der Waals surface area contributed by atoms with Gasteiger partial charge in [0.25, 0.3) is 0 Å². The van der Waals surface area contributed by atoms with Gasteiger partial charge in [-0.3, -0.25) is 9.89 Å². The van der Waals surface area contributed by atoms with Crippen molar-refractivity contribution < 1.29 is 4.79 Å². The molecule has 2 heterocycles. The molecule has 1 aromatic rings. The van der Waals surface area contributed by atoms with Crippen molar-refractivity contribution in [1.82, 2.24) is 15.5 Å². The normalized spacial score (nSPS) is 22.2. The van der Waals surface area contributed by atoms with Crippen LogP contribution < -0.4 is 5.32 Å². The molecule has 0 saturated carbocycles. The maximum atomic E-state index is 11.0. The van der Waals surface area contributed by atoms with Crippen molar-refractivity contribution in [3.05, 3.63) is 17.5 Å². The summed E-state index contributed by atoms with van der Waals surface area (Å²) in [5, 5.41) is 10.3. The molecule has 4 nitrogen and oxygen atoms in total. The Labute approximate surface area is 83.1 Å². The predicted octanol–water partition coefficient (Wildman–Crippen LogP) is 1.43. The number of Topliss-reactive ketones (excluding diaryl/α,β-unsaturated/α-hetero) is 1. The van der Waals surface area contributed by atoms with Gasteiger partial charge in [0, 0.05) is 13.0 Å². The lowest BCUT2D eigenvalue weighted by molar-refractivity contribution is 0.101. The minimum atomic E-state index is 0.0170. The summed E-state index contributed by atoms with van der Waals surface area (Å²) in [5.41, 5.74) is 1.57. The molecule has 1 aromatic heterocycles. The van der Waals surface area contributed by atoms with Crippen LogP contribution >= 0.6 is 0 Å². The van der Waals surface area contributed by atoms with Crippen molar-refractivity contribution in [2.24, 2.45) is 0 Å². The van der Waals surface area contributed by atoms with Gasteiger partial charge in [0.2, 0.25) is 0 Å². The molecule has 2 N–H and O–H groups in total. The fraction of sp³-hybridized carbons (Fsp3) is 0.600. The quantitative estimate of drug-likeness (QED) is 0.698. The van der Waals surface area contributed by atoms with Crippen molar-refractivity contribution >= 4 is 5.78 Å². The Morgan fingerprint density at radius 1 is 1.57 bits per heavy atom. The summed E-state index contributed by atoms with van der Waals surface area (Å²) in [7, 11) is 0. The lowest BCUT2D eigenvalue weighted by Gasteiger charge is -2.21. The molecular weight excluding hydrogens is 178 g/mol. The number of nitrogens with zero attached hydrogens (tertiary/aromatic N) is 1. The van der Waals surface area contributed by atoms with Crippen LogP contribution in [0.2, 0.25) is 0 Å². The molecule has 0 bridgehead atoms. The molecule has 1 atom stereocenters. The van der Waals surface area contributed by atoms with E-state index in [1.807, 2.05) is 6.07 Å². The van der Waals surface area contributed by atoms with E-state index in [1.54, 1.807) is 0 Å². The molecule has 0 spiro atoms. The SMILES string of the molecule is CC(=O)c1cc(C2CCCCN2)[nH]n1. The van der Waals surface area contributed by atoms with Gasteiger partial charge < -0.3 is 5.32 Å².